The molecule has 0 saturated carbocycles. The van der Waals surface area contributed by atoms with Crippen molar-refractivity contribution in [1.82, 2.24) is 14.9 Å². The monoisotopic (exact) mass is 520 g/mol. The Morgan fingerprint density at radius 2 is 2.05 bits per heavy atom. The number of hydrogen-bond acceptors (Lipinski definition) is 7. The van der Waals surface area contributed by atoms with Gasteiger partial charge in [-0.15, -0.1) is 0 Å². The Kier molecular flexibility index (Phi) is 8.32. The molecular weight excluding hydrogens is 490 g/mol. The molecule has 4 rings (SSSR count). The summed E-state index contributed by atoms with van der Waals surface area (Å²) in [4.78, 5) is 25.0. The Bertz CT molecular complexity index is 1380. The average molecular weight is 521 g/mol. The standard InChI is InChI=1S/C28H30F2N6O2/c1-5-26(37)33-24-15-21(10-8-18(24)7-6-12-35(2)3)32-28-31-16-19-13-22(17-36(4)27(19)34-28)38-25-11-9-20(29)14-23(25)30/h5,8-11,13-16H,1,6-7,12,17H2,2-4H3,(H,33,37)(H,31,32,34). The number of likely N-dealkylation sites (N-methyl/N-ethyl adjacent to an activating group) is 1. The van der Waals surface area contributed by atoms with E-state index in [-0.39, 0.29) is 11.7 Å². The minimum atomic E-state index is -0.775. The molecule has 1 amide bonds. The summed E-state index contributed by atoms with van der Waals surface area (Å²) in [6, 6.07) is 8.92. The Morgan fingerprint density at radius 1 is 1.24 bits per heavy atom. The molecule has 2 N–H and O–H groups in total. The molecule has 10 heteroatoms. The summed E-state index contributed by atoms with van der Waals surface area (Å²) in [6.07, 6.45) is 6.37. The molecule has 1 aliphatic rings. The minimum absolute atomic E-state index is 0.0572. The van der Waals surface area contributed by atoms with Crippen molar-refractivity contribution in [3.8, 4) is 5.75 Å². The Balaban J connectivity index is 1.52. The molecule has 0 unspecified atom stereocenters. The van der Waals surface area contributed by atoms with E-state index in [0.29, 0.717) is 41.0 Å². The van der Waals surface area contributed by atoms with Crippen LogP contribution in [0, 0.1) is 11.6 Å². The number of nitrogens with zero attached hydrogens (tertiary/aromatic N) is 4. The molecule has 1 aliphatic heterocycles. The van der Waals surface area contributed by atoms with Gasteiger partial charge in [-0.25, -0.2) is 13.8 Å². The number of carbonyl (C=O) groups excluding carboxylic acids is 1. The SMILES string of the molecule is C=CC(=O)Nc1cc(Nc2ncc3c(n2)N(C)CC(Oc2ccc(F)cc2F)=C3)ccc1CCCN(C)C. The van der Waals surface area contributed by atoms with Gasteiger partial charge in [0.2, 0.25) is 11.9 Å². The molecule has 2 heterocycles. The summed E-state index contributed by atoms with van der Waals surface area (Å²) in [7, 11) is 5.88. The topological polar surface area (TPSA) is 82.6 Å². The first-order valence-electron chi connectivity index (χ1n) is 12.1. The lowest BCUT2D eigenvalue weighted by molar-refractivity contribution is -0.111. The van der Waals surface area contributed by atoms with Crippen LogP contribution in [-0.4, -0.2) is 55.0 Å². The highest BCUT2D eigenvalue weighted by atomic mass is 19.1. The van der Waals surface area contributed by atoms with Gasteiger partial charge < -0.3 is 25.2 Å². The van der Waals surface area contributed by atoms with Crippen molar-refractivity contribution >= 4 is 35.1 Å². The quantitative estimate of drug-likeness (QED) is 0.365. The molecule has 0 bridgehead atoms. The highest BCUT2D eigenvalue weighted by molar-refractivity contribution is 5.99. The maximum Gasteiger partial charge on any atom is 0.247 e. The van der Waals surface area contributed by atoms with Crippen LogP contribution < -0.4 is 20.3 Å². The molecular formula is C28H30F2N6O2. The number of benzene rings is 2. The summed E-state index contributed by atoms with van der Waals surface area (Å²) < 4.78 is 32.9. The number of amides is 1. The molecule has 0 aliphatic carbocycles. The Labute approximate surface area is 220 Å². The van der Waals surface area contributed by atoms with Gasteiger partial charge in [-0.2, -0.15) is 4.98 Å². The fourth-order valence-electron chi connectivity index (χ4n) is 4.03. The van der Waals surface area contributed by atoms with E-state index in [4.69, 9.17) is 4.74 Å². The summed E-state index contributed by atoms with van der Waals surface area (Å²) in [5, 5.41) is 6.08. The second-order valence-electron chi connectivity index (χ2n) is 9.21. The first-order chi connectivity index (χ1) is 18.2. The third-order valence-corrected chi connectivity index (χ3v) is 5.86. The van der Waals surface area contributed by atoms with Crippen molar-refractivity contribution < 1.29 is 18.3 Å². The van der Waals surface area contributed by atoms with Gasteiger partial charge >= 0.3 is 0 Å². The fourth-order valence-corrected chi connectivity index (χ4v) is 4.03. The average Bonchev–Trinajstić information content (AvgIpc) is 2.87. The van der Waals surface area contributed by atoms with E-state index < -0.39 is 11.6 Å². The molecule has 38 heavy (non-hydrogen) atoms. The number of rotatable bonds is 10. The normalized spacial score (nSPS) is 12.6. The van der Waals surface area contributed by atoms with Gasteiger partial charge in [-0.1, -0.05) is 12.6 Å². The molecule has 2 aromatic carbocycles. The van der Waals surface area contributed by atoms with Crippen LogP contribution in [0.25, 0.3) is 6.08 Å². The maximum absolute atomic E-state index is 14.0. The van der Waals surface area contributed by atoms with E-state index in [1.807, 2.05) is 44.2 Å². The lowest BCUT2D eigenvalue weighted by atomic mass is 10.1. The predicted octanol–water partition coefficient (Wildman–Crippen LogP) is 4.99. The molecule has 0 saturated heterocycles. The van der Waals surface area contributed by atoms with Gasteiger partial charge in [0.15, 0.2) is 11.6 Å². The molecule has 198 valence electrons. The number of aryl methyl sites for hydroxylation is 1. The van der Waals surface area contributed by atoms with Gasteiger partial charge in [0.05, 0.1) is 6.54 Å². The van der Waals surface area contributed by atoms with E-state index in [2.05, 4.69) is 32.1 Å². The molecule has 0 atom stereocenters. The van der Waals surface area contributed by atoms with Crippen LogP contribution in [0.3, 0.4) is 0 Å². The lowest BCUT2D eigenvalue weighted by Gasteiger charge is -2.26. The first kappa shape index (κ1) is 26.7. The number of hydrogen-bond donors (Lipinski definition) is 2. The van der Waals surface area contributed by atoms with Crippen molar-refractivity contribution in [2.24, 2.45) is 0 Å². The van der Waals surface area contributed by atoms with Crippen LogP contribution in [0.1, 0.15) is 17.5 Å². The number of fused-ring (bicyclic) bond motifs is 1. The smallest absolute Gasteiger partial charge is 0.247 e. The highest BCUT2D eigenvalue weighted by Crippen LogP contribution is 2.30. The third kappa shape index (κ3) is 6.71. The molecule has 8 nitrogen and oxygen atoms in total. The zero-order chi connectivity index (χ0) is 27.2. The van der Waals surface area contributed by atoms with Crippen LogP contribution in [0.2, 0.25) is 0 Å². The van der Waals surface area contributed by atoms with Gasteiger partial charge in [0.25, 0.3) is 0 Å². The number of anilines is 4. The number of nitrogens with one attached hydrogen (secondary N) is 2. The second kappa shape index (κ2) is 11.8. The number of carbonyl (C=O) groups is 1. The lowest BCUT2D eigenvalue weighted by Crippen LogP contribution is -2.27. The van der Waals surface area contributed by atoms with Crippen LogP contribution in [0.5, 0.6) is 5.75 Å². The number of ether oxygens (including phenoxy) is 1. The molecule has 3 aromatic rings. The zero-order valence-corrected chi connectivity index (χ0v) is 21.6. The van der Waals surface area contributed by atoms with Crippen molar-refractivity contribution in [3.05, 3.63) is 83.8 Å². The van der Waals surface area contributed by atoms with Crippen molar-refractivity contribution in [3.63, 3.8) is 0 Å². The van der Waals surface area contributed by atoms with Crippen LogP contribution in [0.15, 0.2) is 61.0 Å². The Morgan fingerprint density at radius 3 is 2.79 bits per heavy atom. The predicted molar refractivity (Wildman–Crippen MR) is 146 cm³/mol. The molecule has 1 aromatic heterocycles. The Hall–Kier alpha value is -4.31. The number of halogens is 2. The van der Waals surface area contributed by atoms with E-state index in [1.165, 1.54) is 12.1 Å². The summed E-state index contributed by atoms with van der Waals surface area (Å²) in [5.41, 5.74) is 3.13. The van der Waals surface area contributed by atoms with Gasteiger partial charge in [-0.3, -0.25) is 4.79 Å². The largest absolute Gasteiger partial charge is 0.457 e. The minimum Gasteiger partial charge on any atom is -0.457 e. The van der Waals surface area contributed by atoms with Crippen molar-refractivity contribution in [2.75, 3.05) is 49.8 Å². The summed E-state index contributed by atoms with van der Waals surface area (Å²) >= 11 is 0. The third-order valence-electron chi connectivity index (χ3n) is 5.86. The molecule has 0 fully saturated rings. The zero-order valence-electron chi connectivity index (χ0n) is 21.6. The maximum atomic E-state index is 14.0. The van der Waals surface area contributed by atoms with Crippen LogP contribution in [0.4, 0.5) is 31.9 Å². The fraction of sp³-hybridized carbons (Fsp3) is 0.250. The van der Waals surface area contributed by atoms with Crippen molar-refractivity contribution in [1.29, 1.82) is 0 Å². The van der Waals surface area contributed by atoms with E-state index >= 15 is 0 Å². The molecule has 0 radical (unpaired) electrons. The van der Waals surface area contributed by atoms with Gasteiger partial charge in [-0.05, 0) is 75.5 Å². The summed E-state index contributed by atoms with van der Waals surface area (Å²) in [6.45, 7) is 4.81. The van der Waals surface area contributed by atoms with Crippen LogP contribution in [-0.2, 0) is 11.2 Å². The highest BCUT2D eigenvalue weighted by Gasteiger charge is 2.20. The van der Waals surface area contributed by atoms with E-state index in [1.54, 1.807) is 12.3 Å². The van der Waals surface area contributed by atoms with Crippen LogP contribution >= 0.6 is 0 Å². The van der Waals surface area contributed by atoms with Crippen molar-refractivity contribution in [2.45, 2.75) is 12.8 Å². The summed E-state index contributed by atoms with van der Waals surface area (Å²) in [5.74, 6) is -0.275. The van der Waals surface area contributed by atoms with Gasteiger partial charge in [0, 0.05) is 36.2 Å². The van der Waals surface area contributed by atoms with E-state index in [9.17, 15) is 13.6 Å². The van der Waals surface area contributed by atoms with Gasteiger partial charge in [0.1, 0.15) is 17.4 Å². The number of aromatic nitrogens is 2. The van der Waals surface area contributed by atoms with E-state index in [0.717, 1.165) is 37.1 Å². The first-order valence-corrected chi connectivity index (χ1v) is 12.1. The second-order valence-corrected chi connectivity index (χ2v) is 9.21. The molecule has 0 spiro atoms.